The lowest BCUT2D eigenvalue weighted by molar-refractivity contribution is 0.254. The van der Waals surface area contributed by atoms with Crippen LogP contribution >= 0.6 is 0 Å². The van der Waals surface area contributed by atoms with Gasteiger partial charge in [-0.15, -0.1) is 0 Å². The second kappa shape index (κ2) is 5.05. The number of H-pyrrole nitrogens is 1. The Hall–Kier alpha value is -1.81. The Morgan fingerprint density at radius 1 is 1.42 bits per heavy atom. The van der Waals surface area contributed by atoms with Crippen LogP contribution in [0.2, 0.25) is 0 Å². The number of nitrogens with one attached hydrogen (secondary N) is 1. The SMILES string of the molecule is CC1Cc2cc(CN(C)Cc3ncc[nH]3)ccc2O1. The van der Waals surface area contributed by atoms with Crippen LogP contribution in [0.4, 0.5) is 0 Å². The van der Waals surface area contributed by atoms with Crippen molar-refractivity contribution in [3.05, 3.63) is 47.5 Å². The monoisotopic (exact) mass is 257 g/mol. The number of nitrogens with zero attached hydrogens (tertiary/aromatic N) is 2. The highest BCUT2D eigenvalue weighted by molar-refractivity contribution is 5.40. The first-order chi connectivity index (χ1) is 9.20. The minimum absolute atomic E-state index is 0.311. The summed E-state index contributed by atoms with van der Waals surface area (Å²) in [6, 6.07) is 6.50. The summed E-state index contributed by atoms with van der Waals surface area (Å²) in [6.45, 7) is 3.86. The van der Waals surface area contributed by atoms with Crippen LogP contribution in [-0.2, 0) is 19.5 Å². The molecule has 1 aliphatic rings. The molecule has 2 aromatic rings. The van der Waals surface area contributed by atoms with Crippen LogP contribution in [-0.4, -0.2) is 28.0 Å². The van der Waals surface area contributed by atoms with Crippen LogP contribution in [0.3, 0.4) is 0 Å². The molecule has 0 amide bonds. The molecule has 0 aliphatic carbocycles. The van der Waals surface area contributed by atoms with Gasteiger partial charge in [0.2, 0.25) is 0 Å². The summed E-state index contributed by atoms with van der Waals surface area (Å²) in [6.07, 6.45) is 4.98. The highest BCUT2D eigenvalue weighted by Gasteiger charge is 2.19. The number of hydrogen-bond donors (Lipinski definition) is 1. The number of rotatable bonds is 4. The minimum atomic E-state index is 0.311. The first-order valence-corrected chi connectivity index (χ1v) is 6.66. The van der Waals surface area contributed by atoms with Gasteiger partial charge < -0.3 is 9.72 Å². The van der Waals surface area contributed by atoms with Crippen molar-refractivity contribution in [1.29, 1.82) is 0 Å². The van der Waals surface area contributed by atoms with Gasteiger partial charge in [0.05, 0.1) is 6.54 Å². The molecule has 0 fully saturated rings. The van der Waals surface area contributed by atoms with E-state index >= 15 is 0 Å². The zero-order chi connectivity index (χ0) is 13.2. The molecule has 0 radical (unpaired) electrons. The van der Waals surface area contributed by atoms with Crippen molar-refractivity contribution in [2.24, 2.45) is 0 Å². The predicted molar refractivity (Wildman–Crippen MR) is 74.0 cm³/mol. The number of ether oxygens (including phenoxy) is 1. The van der Waals surface area contributed by atoms with Crippen molar-refractivity contribution in [1.82, 2.24) is 14.9 Å². The lowest BCUT2D eigenvalue weighted by atomic mass is 10.1. The fraction of sp³-hybridized carbons (Fsp3) is 0.400. The van der Waals surface area contributed by atoms with E-state index in [1.54, 1.807) is 6.20 Å². The Kier molecular flexibility index (Phi) is 3.25. The molecule has 2 heterocycles. The number of fused-ring (bicyclic) bond motifs is 1. The summed E-state index contributed by atoms with van der Waals surface area (Å²) in [5.41, 5.74) is 2.65. The number of benzene rings is 1. The molecular formula is C15H19N3O. The van der Waals surface area contributed by atoms with Crippen LogP contribution in [0, 0.1) is 0 Å². The minimum Gasteiger partial charge on any atom is -0.490 e. The van der Waals surface area contributed by atoms with Crippen LogP contribution in [0.5, 0.6) is 5.75 Å². The Balaban J connectivity index is 1.65. The van der Waals surface area contributed by atoms with Crippen molar-refractivity contribution in [2.75, 3.05) is 7.05 Å². The van der Waals surface area contributed by atoms with E-state index in [2.05, 4.69) is 47.0 Å². The summed E-state index contributed by atoms with van der Waals surface area (Å²) >= 11 is 0. The van der Waals surface area contributed by atoms with Gasteiger partial charge in [-0.3, -0.25) is 4.90 Å². The Morgan fingerprint density at radius 3 is 3.11 bits per heavy atom. The van der Waals surface area contributed by atoms with Gasteiger partial charge in [-0.1, -0.05) is 12.1 Å². The molecule has 1 atom stereocenters. The molecular weight excluding hydrogens is 238 g/mol. The fourth-order valence-corrected chi connectivity index (χ4v) is 2.58. The zero-order valence-corrected chi connectivity index (χ0v) is 11.4. The number of aromatic amines is 1. The Morgan fingerprint density at radius 2 is 2.32 bits per heavy atom. The quantitative estimate of drug-likeness (QED) is 0.914. The fourth-order valence-electron chi connectivity index (χ4n) is 2.58. The summed E-state index contributed by atoms with van der Waals surface area (Å²) in [7, 11) is 2.11. The van der Waals surface area contributed by atoms with Gasteiger partial charge in [-0.2, -0.15) is 0 Å². The van der Waals surface area contributed by atoms with Crippen molar-refractivity contribution < 1.29 is 4.74 Å². The van der Waals surface area contributed by atoms with E-state index in [4.69, 9.17) is 4.74 Å². The van der Waals surface area contributed by atoms with Gasteiger partial charge in [0.1, 0.15) is 17.7 Å². The lowest BCUT2D eigenvalue weighted by Crippen LogP contribution is -2.18. The molecule has 1 aliphatic heterocycles. The normalized spacial score (nSPS) is 17.5. The lowest BCUT2D eigenvalue weighted by Gasteiger charge is -2.15. The molecule has 0 saturated heterocycles. The summed E-state index contributed by atoms with van der Waals surface area (Å²) in [4.78, 5) is 9.63. The van der Waals surface area contributed by atoms with Crippen molar-refractivity contribution in [2.45, 2.75) is 32.5 Å². The van der Waals surface area contributed by atoms with Gasteiger partial charge in [0.25, 0.3) is 0 Å². The molecule has 0 spiro atoms. The molecule has 4 nitrogen and oxygen atoms in total. The summed E-state index contributed by atoms with van der Waals surface area (Å²) in [5, 5.41) is 0. The summed E-state index contributed by atoms with van der Waals surface area (Å²) < 4.78 is 5.72. The molecule has 0 bridgehead atoms. The van der Waals surface area contributed by atoms with E-state index < -0.39 is 0 Å². The van der Waals surface area contributed by atoms with Gasteiger partial charge >= 0.3 is 0 Å². The molecule has 100 valence electrons. The Bertz CT molecular complexity index is 551. The molecule has 1 aromatic heterocycles. The highest BCUT2D eigenvalue weighted by atomic mass is 16.5. The van der Waals surface area contributed by atoms with E-state index in [1.807, 2.05) is 6.20 Å². The third kappa shape index (κ3) is 2.79. The maximum Gasteiger partial charge on any atom is 0.123 e. The molecule has 3 rings (SSSR count). The maximum atomic E-state index is 5.72. The van der Waals surface area contributed by atoms with E-state index in [-0.39, 0.29) is 0 Å². The highest BCUT2D eigenvalue weighted by Crippen LogP contribution is 2.29. The van der Waals surface area contributed by atoms with E-state index in [0.29, 0.717) is 6.10 Å². The average molecular weight is 257 g/mol. The van der Waals surface area contributed by atoms with Crippen molar-refractivity contribution in [3.8, 4) is 5.75 Å². The number of aromatic nitrogens is 2. The maximum absolute atomic E-state index is 5.72. The van der Waals surface area contributed by atoms with Gasteiger partial charge in [-0.25, -0.2) is 4.98 Å². The third-order valence-corrected chi connectivity index (χ3v) is 3.39. The molecule has 1 N–H and O–H groups in total. The summed E-state index contributed by atoms with van der Waals surface area (Å²) in [5.74, 6) is 2.05. The zero-order valence-electron chi connectivity index (χ0n) is 11.4. The van der Waals surface area contributed by atoms with E-state index in [0.717, 1.165) is 31.1 Å². The predicted octanol–water partition coefficient (Wildman–Crippen LogP) is 2.37. The number of imidazole rings is 1. The van der Waals surface area contributed by atoms with E-state index in [9.17, 15) is 0 Å². The van der Waals surface area contributed by atoms with Crippen molar-refractivity contribution in [3.63, 3.8) is 0 Å². The first kappa shape index (κ1) is 12.2. The standard InChI is InChI=1S/C15H19N3O/c1-11-7-13-8-12(3-4-14(13)19-11)9-18(2)10-15-16-5-6-17-15/h3-6,8,11H,7,9-10H2,1-2H3,(H,16,17). The molecule has 4 heteroatoms. The van der Waals surface area contributed by atoms with E-state index in [1.165, 1.54) is 11.1 Å². The van der Waals surface area contributed by atoms with Gasteiger partial charge in [0.15, 0.2) is 0 Å². The molecule has 0 saturated carbocycles. The molecule has 19 heavy (non-hydrogen) atoms. The van der Waals surface area contributed by atoms with Gasteiger partial charge in [0, 0.05) is 25.4 Å². The molecule has 1 aromatic carbocycles. The topological polar surface area (TPSA) is 41.2 Å². The largest absolute Gasteiger partial charge is 0.490 e. The smallest absolute Gasteiger partial charge is 0.123 e. The van der Waals surface area contributed by atoms with Crippen molar-refractivity contribution >= 4 is 0 Å². The average Bonchev–Trinajstić information content (AvgIpc) is 2.96. The van der Waals surface area contributed by atoms with Crippen LogP contribution in [0.1, 0.15) is 23.9 Å². The van der Waals surface area contributed by atoms with Gasteiger partial charge in [-0.05, 0) is 31.2 Å². The van der Waals surface area contributed by atoms with Crippen LogP contribution in [0.15, 0.2) is 30.6 Å². The first-order valence-electron chi connectivity index (χ1n) is 6.66. The second-order valence-corrected chi connectivity index (χ2v) is 5.28. The van der Waals surface area contributed by atoms with Crippen LogP contribution < -0.4 is 4.74 Å². The second-order valence-electron chi connectivity index (χ2n) is 5.28. The third-order valence-electron chi connectivity index (χ3n) is 3.39. The van der Waals surface area contributed by atoms with Crippen LogP contribution in [0.25, 0.3) is 0 Å². The molecule has 1 unspecified atom stereocenters. The Labute approximate surface area is 113 Å². The number of hydrogen-bond acceptors (Lipinski definition) is 3.